The van der Waals surface area contributed by atoms with Crippen LogP contribution in [0.3, 0.4) is 0 Å². The van der Waals surface area contributed by atoms with E-state index >= 15 is 0 Å². The first kappa shape index (κ1) is 13.4. The zero-order valence-electron chi connectivity index (χ0n) is 11.7. The van der Waals surface area contributed by atoms with E-state index in [1.807, 2.05) is 7.05 Å². The molecule has 3 nitrogen and oxygen atoms in total. The second kappa shape index (κ2) is 6.21. The van der Waals surface area contributed by atoms with E-state index in [-0.39, 0.29) is 0 Å². The molecule has 3 heteroatoms. The number of anilines is 1. The van der Waals surface area contributed by atoms with Gasteiger partial charge < -0.3 is 15.0 Å². The van der Waals surface area contributed by atoms with Crippen LogP contribution >= 0.6 is 0 Å². The Hall–Kier alpha value is -1.06. The topological polar surface area (TPSA) is 24.5 Å². The molecule has 1 aromatic rings. The smallest absolute Gasteiger partial charge is 0.0670 e. The molecule has 1 aromatic carbocycles. The van der Waals surface area contributed by atoms with Crippen molar-refractivity contribution in [2.75, 3.05) is 31.7 Å². The fourth-order valence-corrected chi connectivity index (χ4v) is 2.58. The number of hydrogen-bond donors (Lipinski definition) is 1. The van der Waals surface area contributed by atoms with Crippen molar-refractivity contribution in [2.24, 2.45) is 0 Å². The van der Waals surface area contributed by atoms with Crippen LogP contribution in [0.15, 0.2) is 18.2 Å². The van der Waals surface area contributed by atoms with E-state index in [9.17, 15) is 0 Å². The van der Waals surface area contributed by atoms with Gasteiger partial charge in [0.05, 0.1) is 19.3 Å². The predicted octanol–water partition coefficient (Wildman–Crippen LogP) is 2.33. The number of morpholine rings is 1. The summed E-state index contributed by atoms with van der Waals surface area (Å²) >= 11 is 0. The molecule has 1 heterocycles. The van der Waals surface area contributed by atoms with Gasteiger partial charge in [0.1, 0.15) is 0 Å². The van der Waals surface area contributed by atoms with E-state index in [2.05, 4.69) is 42.3 Å². The zero-order chi connectivity index (χ0) is 13.0. The second-order valence-electron chi connectivity index (χ2n) is 4.97. The van der Waals surface area contributed by atoms with Gasteiger partial charge >= 0.3 is 0 Å². The minimum absolute atomic E-state index is 0.522. The lowest BCUT2D eigenvalue weighted by Gasteiger charge is -2.37. The molecule has 100 valence electrons. The molecule has 1 aliphatic rings. The lowest BCUT2D eigenvalue weighted by molar-refractivity contribution is 0.0930. The highest BCUT2D eigenvalue weighted by Gasteiger charge is 2.21. The van der Waals surface area contributed by atoms with E-state index < -0.39 is 0 Å². The number of ether oxygens (including phenoxy) is 1. The maximum atomic E-state index is 5.57. The van der Waals surface area contributed by atoms with Crippen LogP contribution in [-0.4, -0.2) is 32.8 Å². The van der Waals surface area contributed by atoms with Crippen LogP contribution in [0.4, 0.5) is 5.69 Å². The highest BCUT2D eigenvalue weighted by molar-refractivity contribution is 5.52. The van der Waals surface area contributed by atoms with Crippen molar-refractivity contribution in [1.82, 2.24) is 5.32 Å². The van der Waals surface area contributed by atoms with Crippen molar-refractivity contribution in [1.29, 1.82) is 0 Å². The van der Waals surface area contributed by atoms with Gasteiger partial charge in [0.2, 0.25) is 0 Å². The Kier molecular flexibility index (Phi) is 4.61. The Bertz CT molecular complexity index is 392. The van der Waals surface area contributed by atoms with Crippen LogP contribution in [0.5, 0.6) is 0 Å². The van der Waals surface area contributed by atoms with Gasteiger partial charge in [0.15, 0.2) is 0 Å². The van der Waals surface area contributed by atoms with E-state index in [1.54, 1.807) is 0 Å². The summed E-state index contributed by atoms with van der Waals surface area (Å²) in [5, 5.41) is 3.21. The van der Waals surface area contributed by atoms with E-state index in [4.69, 9.17) is 4.74 Å². The Balaban J connectivity index is 2.19. The molecule has 0 bridgehead atoms. The summed E-state index contributed by atoms with van der Waals surface area (Å²) in [5.74, 6) is 0. The maximum Gasteiger partial charge on any atom is 0.0670 e. The van der Waals surface area contributed by atoms with Crippen LogP contribution in [-0.2, 0) is 11.3 Å². The second-order valence-corrected chi connectivity index (χ2v) is 4.97. The van der Waals surface area contributed by atoms with E-state index in [1.165, 1.54) is 16.8 Å². The Morgan fingerprint density at radius 1 is 1.44 bits per heavy atom. The Morgan fingerprint density at radius 3 is 2.94 bits per heavy atom. The lowest BCUT2D eigenvalue weighted by Crippen LogP contribution is -2.45. The molecule has 0 spiro atoms. The van der Waals surface area contributed by atoms with Crippen LogP contribution in [0.1, 0.15) is 24.5 Å². The first-order chi connectivity index (χ1) is 8.76. The third kappa shape index (κ3) is 2.85. The minimum Gasteiger partial charge on any atom is -0.377 e. The number of nitrogens with zero attached hydrogens (tertiary/aromatic N) is 1. The first-order valence-electron chi connectivity index (χ1n) is 6.84. The van der Waals surface area contributed by atoms with E-state index in [0.29, 0.717) is 6.04 Å². The predicted molar refractivity (Wildman–Crippen MR) is 76.2 cm³/mol. The van der Waals surface area contributed by atoms with Crippen molar-refractivity contribution in [3.05, 3.63) is 29.3 Å². The van der Waals surface area contributed by atoms with Gasteiger partial charge in [-0.25, -0.2) is 0 Å². The first-order valence-corrected chi connectivity index (χ1v) is 6.84. The Labute approximate surface area is 110 Å². The van der Waals surface area contributed by atoms with Gasteiger partial charge in [-0.15, -0.1) is 0 Å². The highest BCUT2D eigenvalue weighted by Crippen LogP contribution is 2.24. The van der Waals surface area contributed by atoms with Crippen molar-refractivity contribution in [3.8, 4) is 0 Å². The standard InChI is InChI=1S/C15H24N2O/c1-4-14-11-18-8-7-17(14)15-6-5-13(10-16-3)12(2)9-15/h5-6,9,14,16H,4,7-8,10-11H2,1-3H3. The molecule has 0 amide bonds. The monoisotopic (exact) mass is 248 g/mol. The summed E-state index contributed by atoms with van der Waals surface area (Å²) in [7, 11) is 1.99. The van der Waals surface area contributed by atoms with Crippen molar-refractivity contribution in [3.63, 3.8) is 0 Å². The lowest BCUT2D eigenvalue weighted by atomic mass is 10.1. The quantitative estimate of drug-likeness (QED) is 0.885. The molecule has 1 aliphatic heterocycles. The molecule has 1 fully saturated rings. The fourth-order valence-electron chi connectivity index (χ4n) is 2.58. The zero-order valence-corrected chi connectivity index (χ0v) is 11.7. The fraction of sp³-hybridized carbons (Fsp3) is 0.600. The van der Waals surface area contributed by atoms with Gasteiger partial charge in [-0.05, 0) is 43.7 Å². The highest BCUT2D eigenvalue weighted by atomic mass is 16.5. The molecule has 1 N–H and O–H groups in total. The average Bonchev–Trinajstić information content (AvgIpc) is 2.41. The van der Waals surface area contributed by atoms with Gasteiger partial charge in [-0.3, -0.25) is 0 Å². The molecule has 2 rings (SSSR count). The van der Waals surface area contributed by atoms with Crippen LogP contribution in [0, 0.1) is 6.92 Å². The maximum absolute atomic E-state index is 5.57. The van der Waals surface area contributed by atoms with Gasteiger partial charge in [-0.1, -0.05) is 13.0 Å². The summed E-state index contributed by atoms with van der Waals surface area (Å²) in [6, 6.07) is 7.31. The van der Waals surface area contributed by atoms with E-state index in [0.717, 1.165) is 32.7 Å². The SMILES string of the molecule is CCC1COCCN1c1ccc(CNC)c(C)c1. The summed E-state index contributed by atoms with van der Waals surface area (Å²) in [6.07, 6.45) is 1.14. The molecule has 0 saturated carbocycles. The number of nitrogens with one attached hydrogen (secondary N) is 1. The van der Waals surface area contributed by atoms with Crippen molar-refractivity contribution < 1.29 is 4.74 Å². The largest absolute Gasteiger partial charge is 0.377 e. The normalized spacial score (nSPS) is 20.2. The van der Waals surface area contributed by atoms with Crippen LogP contribution in [0.25, 0.3) is 0 Å². The third-order valence-corrected chi connectivity index (χ3v) is 3.72. The molecule has 0 aromatic heterocycles. The number of rotatable bonds is 4. The number of benzene rings is 1. The molecule has 18 heavy (non-hydrogen) atoms. The minimum atomic E-state index is 0.522. The molecule has 1 saturated heterocycles. The summed E-state index contributed by atoms with van der Waals surface area (Å²) in [6.45, 7) is 8.06. The number of aryl methyl sites for hydroxylation is 1. The summed E-state index contributed by atoms with van der Waals surface area (Å²) in [5.41, 5.74) is 4.08. The Morgan fingerprint density at radius 2 is 2.28 bits per heavy atom. The molecular weight excluding hydrogens is 224 g/mol. The number of hydrogen-bond acceptors (Lipinski definition) is 3. The molecule has 0 aliphatic carbocycles. The molecular formula is C15H24N2O. The summed E-state index contributed by atoms with van der Waals surface area (Å²) < 4.78 is 5.57. The van der Waals surface area contributed by atoms with Gasteiger partial charge in [0.25, 0.3) is 0 Å². The molecule has 1 unspecified atom stereocenters. The van der Waals surface area contributed by atoms with Gasteiger partial charge in [-0.2, -0.15) is 0 Å². The van der Waals surface area contributed by atoms with Gasteiger partial charge in [0, 0.05) is 18.8 Å². The molecule has 0 radical (unpaired) electrons. The van der Waals surface area contributed by atoms with Crippen molar-refractivity contribution >= 4 is 5.69 Å². The van der Waals surface area contributed by atoms with Crippen molar-refractivity contribution in [2.45, 2.75) is 32.9 Å². The van der Waals surface area contributed by atoms with Crippen LogP contribution in [0.2, 0.25) is 0 Å². The average molecular weight is 248 g/mol. The molecule has 1 atom stereocenters. The van der Waals surface area contributed by atoms with Crippen LogP contribution < -0.4 is 10.2 Å². The summed E-state index contributed by atoms with van der Waals surface area (Å²) in [4.78, 5) is 2.49. The third-order valence-electron chi connectivity index (χ3n) is 3.72.